The third-order valence-corrected chi connectivity index (χ3v) is 3.76. The topological polar surface area (TPSA) is 29.9 Å². The van der Waals surface area contributed by atoms with Crippen molar-refractivity contribution in [2.24, 2.45) is 7.05 Å². The molecular formula is C13H19N3S. The van der Waals surface area contributed by atoms with E-state index >= 15 is 0 Å². The van der Waals surface area contributed by atoms with Gasteiger partial charge in [0.05, 0.1) is 5.69 Å². The van der Waals surface area contributed by atoms with Crippen molar-refractivity contribution in [2.45, 2.75) is 26.3 Å². The molecule has 0 saturated heterocycles. The Labute approximate surface area is 106 Å². The molecule has 0 aliphatic carbocycles. The number of hydrogen-bond acceptors (Lipinski definition) is 3. The molecule has 0 amide bonds. The number of likely N-dealkylation sites (N-methyl/N-ethyl adjacent to an activating group) is 1. The van der Waals surface area contributed by atoms with Crippen LogP contribution in [0, 0.1) is 6.92 Å². The van der Waals surface area contributed by atoms with Crippen LogP contribution >= 0.6 is 11.3 Å². The highest BCUT2D eigenvalue weighted by molar-refractivity contribution is 7.09. The number of rotatable bonds is 5. The van der Waals surface area contributed by atoms with Crippen LogP contribution in [0.4, 0.5) is 0 Å². The molecule has 0 spiro atoms. The van der Waals surface area contributed by atoms with E-state index in [9.17, 15) is 0 Å². The quantitative estimate of drug-likeness (QED) is 0.883. The summed E-state index contributed by atoms with van der Waals surface area (Å²) in [5.74, 6) is 0. The average Bonchev–Trinajstić information content (AvgIpc) is 2.88. The van der Waals surface area contributed by atoms with Gasteiger partial charge in [0.2, 0.25) is 0 Å². The minimum atomic E-state index is 0.368. The molecule has 0 bridgehead atoms. The lowest BCUT2D eigenvalue weighted by atomic mass is 10.0. The Morgan fingerprint density at radius 2 is 2.35 bits per heavy atom. The van der Waals surface area contributed by atoms with Crippen molar-refractivity contribution in [1.82, 2.24) is 15.1 Å². The predicted octanol–water partition coefficient (Wildman–Crippen LogP) is 2.68. The summed E-state index contributed by atoms with van der Waals surface area (Å²) < 4.78 is 1.89. The molecule has 1 N–H and O–H groups in total. The van der Waals surface area contributed by atoms with E-state index in [1.165, 1.54) is 10.4 Å². The van der Waals surface area contributed by atoms with Gasteiger partial charge in [0, 0.05) is 36.1 Å². The molecule has 2 rings (SSSR count). The van der Waals surface area contributed by atoms with Gasteiger partial charge < -0.3 is 5.32 Å². The summed E-state index contributed by atoms with van der Waals surface area (Å²) in [7, 11) is 1.98. The molecule has 4 heteroatoms. The Hall–Kier alpha value is -1.13. The van der Waals surface area contributed by atoms with Gasteiger partial charge in [-0.1, -0.05) is 13.0 Å². The Kier molecular flexibility index (Phi) is 3.97. The van der Waals surface area contributed by atoms with Crippen LogP contribution in [0.25, 0.3) is 0 Å². The monoisotopic (exact) mass is 249 g/mol. The van der Waals surface area contributed by atoms with Gasteiger partial charge in [0.1, 0.15) is 0 Å². The fourth-order valence-corrected chi connectivity index (χ4v) is 2.88. The second-order valence-corrected chi connectivity index (χ2v) is 5.27. The molecule has 3 nitrogen and oxygen atoms in total. The van der Waals surface area contributed by atoms with Crippen LogP contribution in [0.1, 0.15) is 29.1 Å². The van der Waals surface area contributed by atoms with Gasteiger partial charge in [0.25, 0.3) is 0 Å². The zero-order valence-electron chi connectivity index (χ0n) is 10.6. The lowest BCUT2D eigenvalue weighted by molar-refractivity contribution is 0.550. The first-order valence-electron chi connectivity index (χ1n) is 5.96. The van der Waals surface area contributed by atoms with Crippen molar-refractivity contribution in [3.63, 3.8) is 0 Å². The number of hydrogen-bond donors (Lipinski definition) is 1. The van der Waals surface area contributed by atoms with Gasteiger partial charge in [-0.05, 0) is 24.9 Å². The zero-order chi connectivity index (χ0) is 12.3. The summed E-state index contributed by atoms with van der Waals surface area (Å²) in [5, 5.41) is 10.1. The standard InChI is InChI=1S/C13H19N3S/c1-4-14-13(8-11-6-5-7-17-11)12-9-16(3)15-10(12)2/h5-7,9,13-14H,4,8H2,1-3H3. The maximum Gasteiger partial charge on any atom is 0.0641 e. The maximum absolute atomic E-state index is 4.42. The van der Waals surface area contributed by atoms with Crippen LogP contribution in [-0.4, -0.2) is 16.3 Å². The van der Waals surface area contributed by atoms with Gasteiger partial charge in [-0.3, -0.25) is 4.68 Å². The molecule has 1 unspecified atom stereocenters. The predicted molar refractivity (Wildman–Crippen MR) is 72.4 cm³/mol. The number of aryl methyl sites for hydroxylation is 2. The summed E-state index contributed by atoms with van der Waals surface area (Å²) in [6.45, 7) is 5.20. The lowest BCUT2D eigenvalue weighted by Crippen LogP contribution is -2.23. The van der Waals surface area contributed by atoms with Crippen LogP contribution in [0.15, 0.2) is 23.7 Å². The first-order chi connectivity index (χ1) is 8.20. The van der Waals surface area contributed by atoms with Gasteiger partial charge in [-0.2, -0.15) is 5.10 Å². The second-order valence-electron chi connectivity index (χ2n) is 4.24. The number of nitrogens with zero attached hydrogens (tertiary/aromatic N) is 2. The zero-order valence-corrected chi connectivity index (χ0v) is 11.4. The van der Waals surface area contributed by atoms with Crippen LogP contribution in [0.5, 0.6) is 0 Å². The highest BCUT2D eigenvalue weighted by atomic mass is 32.1. The van der Waals surface area contributed by atoms with E-state index in [-0.39, 0.29) is 0 Å². The van der Waals surface area contributed by atoms with Crippen LogP contribution < -0.4 is 5.32 Å². The SMILES string of the molecule is CCNC(Cc1cccs1)c1cn(C)nc1C. The minimum absolute atomic E-state index is 0.368. The molecule has 0 fully saturated rings. The molecule has 1 atom stereocenters. The summed E-state index contributed by atoms with van der Waals surface area (Å²) in [4.78, 5) is 1.42. The Morgan fingerprint density at radius 3 is 2.88 bits per heavy atom. The Balaban J connectivity index is 2.19. The number of aromatic nitrogens is 2. The molecule has 0 radical (unpaired) electrons. The summed E-state index contributed by atoms with van der Waals surface area (Å²) in [6.07, 6.45) is 3.16. The molecule has 0 aliphatic rings. The Bertz CT molecular complexity index is 459. The fourth-order valence-electron chi connectivity index (χ4n) is 2.13. The molecule has 2 aromatic heterocycles. The van der Waals surface area contributed by atoms with E-state index in [2.05, 4.69) is 48.0 Å². The molecule has 17 heavy (non-hydrogen) atoms. The van der Waals surface area contributed by atoms with Crippen LogP contribution in [-0.2, 0) is 13.5 Å². The van der Waals surface area contributed by atoms with E-state index < -0.39 is 0 Å². The first-order valence-corrected chi connectivity index (χ1v) is 6.84. The van der Waals surface area contributed by atoms with E-state index in [0.717, 1.165) is 18.7 Å². The highest BCUT2D eigenvalue weighted by Crippen LogP contribution is 2.23. The van der Waals surface area contributed by atoms with Crippen molar-refractivity contribution < 1.29 is 0 Å². The third-order valence-electron chi connectivity index (χ3n) is 2.86. The molecule has 0 aliphatic heterocycles. The second kappa shape index (κ2) is 5.47. The molecule has 0 saturated carbocycles. The number of nitrogens with one attached hydrogen (secondary N) is 1. The summed E-state index contributed by atoms with van der Waals surface area (Å²) in [6, 6.07) is 4.67. The van der Waals surface area contributed by atoms with Crippen LogP contribution in [0.3, 0.4) is 0 Å². The van der Waals surface area contributed by atoms with Crippen molar-refractivity contribution in [2.75, 3.05) is 6.54 Å². The van der Waals surface area contributed by atoms with Gasteiger partial charge in [-0.15, -0.1) is 11.3 Å². The van der Waals surface area contributed by atoms with E-state index in [0.29, 0.717) is 6.04 Å². The maximum atomic E-state index is 4.42. The highest BCUT2D eigenvalue weighted by Gasteiger charge is 2.16. The molecular weight excluding hydrogens is 230 g/mol. The molecule has 2 aromatic rings. The van der Waals surface area contributed by atoms with Crippen molar-refractivity contribution >= 4 is 11.3 Å². The van der Waals surface area contributed by atoms with Crippen molar-refractivity contribution in [3.8, 4) is 0 Å². The molecule has 0 aromatic carbocycles. The number of thiophene rings is 1. The summed E-state index contributed by atoms with van der Waals surface area (Å²) in [5.41, 5.74) is 2.43. The summed E-state index contributed by atoms with van der Waals surface area (Å²) >= 11 is 1.82. The van der Waals surface area contributed by atoms with E-state index in [1.807, 2.05) is 23.1 Å². The Morgan fingerprint density at radius 1 is 1.53 bits per heavy atom. The van der Waals surface area contributed by atoms with Gasteiger partial charge in [0.15, 0.2) is 0 Å². The fraction of sp³-hybridized carbons (Fsp3) is 0.462. The molecule has 92 valence electrons. The molecule has 2 heterocycles. The van der Waals surface area contributed by atoms with Crippen molar-refractivity contribution in [3.05, 3.63) is 39.8 Å². The van der Waals surface area contributed by atoms with E-state index in [1.54, 1.807) is 0 Å². The lowest BCUT2D eigenvalue weighted by Gasteiger charge is -2.16. The van der Waals surface area contributed by atoms with E-state index in [4.69, 9.17) is 0 Å². The van der Waals surface area contributed by atoms with Crippen molar-refractivity contribution in [1.29, 1.82) is 0 Å². The van der Waals surface area contributed by atoms with Gasteiger partial charge in [-0.25, -0.2) is 0 Å². The van der Waals surface area contributed by atoms with Gasteiger partial charge >= 0.3 is 0 Å². The largest absolute Gasteiger partial charge is 0.310 e. The average molecular weight is 249 g/mol. The minimum Gasteiger partial charge on any atom is -0.310 e. The first kappa shape index (κ1) is 12.3. The van der Waals surface area contributed by atoms with Crippen LogP contribution in [0.2, 0.25) is 0 Å². The third kappa shape index (κ3) is 2.96. The normalized spacial score (nSPS) is 12.9. The smallest absolute Gasteiger partial charge is 0.0641 e.